The van der Waals surface area contributed by atoms with Crippen molar-refractivity contribution in [3.63, 3.8) is 0 Å². The highest BCUT2D eigenvalue weighted by Crippen LogP contribution is 2.26. The van der Waals surface area contributed by atoms with Crippen molar-refractivity contribution in [1.82, 2.24) is 9.55 Å². The highest BCUT2D eigenvalue weighted by atomic mass is 79.9. The summed E-state index contributed by atoms with van der Waals surface area (Å²) in [7, 11) is 3.54. The lowest BCUT2D eigenvalue weighted by atomic mass is 10.3. The maximum absolute atomic E-state index is 5.66. The summed E-state index contributed by atoms with van der Waals surface area (Å²) < 4.78 is 13.5. The predicted molar refractivity (Wildman–Crippen MR) is 68.2 cm³/mol. The quantitative estimate of drug-likeness (QED) is 0.870. The van der Waals surface area contributed by atoms with Gasteiger partial charge in [0.05, 0.1) is 12.8 Å². The number of hydrogen-bond donors (Lipinski definition) is 0. The molecule has 5 heteroatoms. The van der Waals surface area contributed by atoms with Crippen LogP contribution in [0.25, 0.3) is 0 Å². The summed E-state index contributed by atoms with van der Waals surface area (Å²) in [6, 6.07) is 7.55. The van der Waals surface area contributed by atoms with Gasteiger partial charge in [-0.2, -0.15) is 0 Å². The van der Waals surface area contributed by atoms with Crippen LogP contribution in [0.2, 0.25) is 0 Å². The van der Waals surface area contributed by atoms with Crippen LogP contribution in [0.4, 0.5) is 0 Å². The molecule has 0 saturated carbocycles. The number of imidazole rings is 1. The van der Waals surface area contributed by atoms with Gasteiger partial charge in [0.1, 0.15) is 6.61 Å². The van der Waals surface area contributed by atoms with E-state index in [-0.39, 0.29) is 0 Å². The van der Waals surface area contributed by atoms with E-state index in [1.807, 2.05) is 42.1 Å². The number of halogens is 1. The van der Waals surface area contributed by atoms with Crippen molar-refractivity contribution in [1.29, 1.82) is 0 Å². The van der Waals surface area contributed by atoms with Crippen molar-refractivity contribution < 1.29 is 9.47 Å². The fourth-order valence-electron chi connectivity index (χ4n) is 1.46. The standard InChI is InChI=1S/C12H13BrN2O2/c1-15-7-9(14-12(15)13)8-17-11-6-4-3-5-10(11)16-2/h3-7H,8H2,1-2H3. The second-order valence-electron chi connectivity index (χ2n) is 3.55. The number of nitrogens with zero attached hydrogens (tertiary/aromatic N) is 2. The molecule has 0 atom stereocenters. The van der Waals surface area contributed by atoms with Gasteiger partial charge in [0.2, 0.25) is 0 Å². The maximum atomic E-state index is 5.66. The molecule has 1 aromatic carbocycles. The fraction of sp³-hybridized carbons (Fsp3) is 0.250. The molecule has 0 unspecified atom stereocenters. The van der Waals surface area contributed by atoms with Gasteiger partial charge in [-0.3, -0.25) is 0 Å². The highest BCUT2D eigenvalue weighted by Gasteiger charge is 2.06. The first kappa shape index (κ1) is 12.0. The molecule has 0 saturated heterocycles. The van der Waals surface area contributed by atoms with E-state index in [9.17, 15) is 0 Å². The lowest BCUT2D eigenvalue weighted by Crippen LogP contribution is -1.97. The number of ether oxygens (including phenoxy) is 2. The van der Waals surface area contributed by atoms with Gasteiger partial charge < -0.3 is 14.0 Å². The first-order valence-electron chi connectivity index (χ1n) is 5.14. The molecule has 0 bridgehead atoms. The van der Waals surface area contributed by atoms with Crippen molar-refractivity contribution in [2.75, 3.05) is 7.11 Å². The molecule has 90 valence electrons. The zero-order valence-electron chi connectivity index (χ0n) is 9.68. The molecule has 2 aromatic rings. The monoisotopic (exact) mass is 296 g/mol. The van der Waals surface area contributed by atoms with E-state index >= 15 is 0 Å². The molecule has 0 N–H and O–H groups in total. The van der Waals surface area contributed by atoms with Gasteiger partial charge >= 0.3 is 0 Å². The number of aryl methyl sites for hydroxylation is 1. The SMILES string of the molecule is COc1ccccc1OCc1cn(C)c(Br)n1. The van der Waals surface area contributed by atoms with Gasteiger partial charge in [-0.25, -0.2) is 4.98 Å². The Labute approximate surface area is 108 Å². The topological polar surface area (TPSA) is 36.3 Å². The Morgan fingerprint density at radius 1 is 1.29 bits per heavy atom. The van der Waals surface area contributed by atoms with Gasteiger partial charge in [0.15, 0.2) is 16.2 Å². The molecule has 17 heavy (non-hydrogen) atoms. The van der Waals surface area contributed by atoms with Crippen LogP contribution < -0.4 is 9.47 Å². The third kappa shape index (κ3) is 2.79. The number of para-hydroxylation sites is 2. The molecule has 0 aliphatic carbocycles. The Kier molecular flexibility index (Phi) is 3.68. The number of methoxy groups -OCH3 is 1. The third-order valence-corrected chi connectivity index (χ3v) is 3.05. The summed E-state index contributed by atoms with van der Waals surface area (Å²) in [6.07, 6.45) is 1.92. The van der Waals surface area contributed by atoms with Gasteiger partial charge in [-0.1, -0.05) is 12.1 Å². The Morgan fingerprint density at radius 3 is 2.59 bits per heavy atom. The lowest BCUT2D eigenvalue weighted by Gasteiger charge is -2.08. The first-order valence-corrected chi connectivity index (χ1v) is 5.93. The van der Waals surface area contributed by atoms with E-state index in [2.05, 4.69) is 20.9 Å². The minimum atomic E-state index is 0.416. The summed E-state index contributed by atoms with van der Waals surface area (Å²) in [5, 5.41) is 0. The van der Waals surface area contributed by atoms with Crippen molar-refractivity contribution in [2.24, 2.45) is 7.05 Å². The van der Waals surface area contributed by atoms with Crippen molar-refractivity contribution in [3.05, 3.63) is 40.9 Å². The lowest BCUT2D eigenvalue weighted by molar-refractivity contribution is 0.281. The summed E-state index contributed by atoms with van der Waals surface area (Å²) in [5.41, 5.74) is 0.866. The van der Waals surface area contributed by atoms with Crippen LogP contribution in [0.1, 0.15) is 5.69 Å². The number of rotatable bonds is 4. The summed E-state index contributed by atoms with van der Waals surface area (Å²) in [5.74, 6) is 1.44. The number of benzene rings is 1. The molecule has 1 aromatic heterocycles. The molecule has 0 aliphatic heterocycles. The molecule has 0 aliphatic rings. The predicted octanol–water partition coefficient (Wildman–Crippen LogP) is 2.77. The molecule has 0 spiro atoms. The van der Waals surface area contributed by atoms with E-state index in [0.717, 1.165) is 21.9 Å². The normalized spacial score (nSPS) is 10.3. The van der Waals surface area contributed by atoms with Crippen LogP contribution in [0, 0.1) is 0 Å². The molecule has 4 nitrogen and oxygen atoms in total. The largest absolute Gasteiger partial charge is 0.493 e. The fourth-order valence-corrected chi connectivity index (χ4v) is 1.79. The molecule has 0 radical (unpaired) electrons. The first-order chi connectivity index (χ1) is 8.20. The van der Waals surface area contributed by atoms with Crippen molar-refractivity contribution >= 4 is 15.9 Å². The van der Waals surface area contributed by atoms with Gasteiger partial charge in [0.25, 0.3) is 0 Å². The van der Waals surface area contributed by atoms with Crippen LogP contribution in [0.3, 0.4) is 0 Å². The third-order valence-electron chi connectivity index (χ3n) is 2.31. The van der Waals surface area contributed by atoms with Crippen LogP contribution in [-0.2, 0) is 13.7 Å². The molecule has 0 fully saturated rings. The summed E-state index contributed by atoms with van der Waals surface area (Å²) in [6.45, 7) is 0.416. The van der Waals surface area contributed by atoms with Gasteiger partial charge in [0, 0.05) is 13.2 Å². The molecular formula is C12H13BrN2O2. The highest BCUT2D eigenvalue weighted by molar-refractivity contribution is 9.10. The molecule has 2 rings (SSSR count). The van der Waals surface area contributed by atoms with Crippen LogP contribution in [-0.4, -0.2) is 16.7 Å². The minimum absolute atomic E-state index is 0.416. The van der Waals surface area contributed by atoms with E-state index < -0.39 is 0 Å². The molecular weight excluding hydrogens is 284 g/mol. The van der Waals surface area contributed by atoms with Crippen LogP contribution >= 0.6 is 15.9 Å². The number of hydrogen-bond acceptors (Lipinski definition) is 3. The van der Waals surface area contributed by atoms with Crippen LogP contribution in [0.15, 0.2) is 35.2 Å². The zero-order chi connectivity index (χ0) is 12.3. The summed E-state index contributed by atoms with van der Waals surface area (Å²) >= 11 is 3.34. The van der Waals surface area contributed by atoms with Crippen LogP contribution in [0.5, 0.6) is 11.5 Å². The zero-order valence-corrected chi connectivity index (χ0v) is 11.3. The van der Waals surface area contributed by atoms with Gasteiger partial charge in [-0.15, -0.1) is 0 Å². The maximum Gasteiger partial charge on any atom is 0.177 e. The minimum Gasteiger partial charge on any atom is -0.493 e. The number of aromatic nitrogens is 2. The van der Waals surface area contributed by atoms with Crippen molar-refractivity contribution in [2.45, 2.75) is 6.61 Å². The van der Waals surface area contributed by atoms with Gasteiger partial charge in [-0.05, 0) is 28.1 Å². The average Bonchev–Trinajstić information content (AvgIpc) is 2.66. The van der Waals surface area contributed by atoms with E-state index in [1.165, 1.54) is 0 Å². The second-order valence-corrected chi connectivity index (χ2v) is 4.26. The molecule has 0 amide bonds. The Hall–Kier alpha value is -1.49. The second kappa shape index (κ2) is 5.23. The Balaban J connectivity index is 2.07. The summed E-state index contributed by atoms with van der Waals surface area (Å²) in [4.78, 5) is 4.29. The van der Waals surface area contributed by atoms with E-state index in [4.69, 9.17) is 9.47 Å². The Morgan fingerprint density at radius 2 is 2.00 bits per heavy atom. The average molecular weight is 297 g/mol. The Bertz CT molecular complexity index is 491. The van der Waals surface area contributed by atoms with Crippen molar-refractivity contribution in [3.8, 4) is 11.5 Å². The van der Waals surface area contributed by atoms with E-state index in [1.54, 1.807) is 7.11 Å². The van der Waals surface area contributed by atoms with E-state index in [0.29, 0.717) is 6.61 Å². The smallest absolute Gasteiger partial charge is 0.177 e. The molecule has 1 heterocycles.